The first-order valence-corrected chi connectivity index (χ1v) is 7.55. The molecule has 0 saturated carbocycles. The summed E-state index contributed by atoms with van der Waals surface area (Å²) < 4.78 is 6.88. The Labute approximate surface area is 138 Å². The van der Waals surface area contributed by atoms with E-state index in [9.17, 15) is 4.79 Å². The van der Waals surface area contributed by atoms with Gasteiger partial charge in [-0.3, -0.25) is 9.20 Å². The number of imidazole rings is 1. The van der Waals surface area contributed by atoms with E-state index in [1.807, 2.05) is 42.6 Å². The molecule has 1 aromatic carbocycles. The molecule has 0 spiro atoms. The van der Waals surface area contributed by atoms with Crippen LogP contribution in [0.25, 0.3) is 5.65 Å². The van der Waals surface area contributed by atoms with Crippen LogP contribution in [0.2, 0.25) is 5.15 Å². The number of fused-ring (bicyclic) bond motifs is 1. The van der Waals surface area contributed by atoms with E-state index < -0.39 is 0 Å². The monoisotopic (exact) mass is 329 g/mol. The first-order chi connectivity index (χ1) is 11.2. The van der Waals surface area contributed by atoms with Crippen LogP contribution in [0.5, 0.6) is 5.75 Å². The summed E-state index contributed by atoms with van der Waals surface area (Å²) in [5, 5.41) is 3.46. The Kier molecular flexibility index (Phi) is 4.48. The minimum atomic E-state index is -0.0571. The lowest BCUT2D eigenvalue weighted by atomic mass is 10.1. The highest BCUT2D eigenvalue weighted by molar-refractivity contribution is 6.29. The Balaban J connectivity index is 1.60. The third-order valence-corrected chi connectivity index (χ3v) is 3.79. The van der Waals surface area contributed by atoms with Crippen LogP contribution in [0, 0.1) is 0 Å². The van der Waals surface area contributed by atoms with Crippen LogP contribution in [-0.2, 0) is 17.8 Å². The van der Waals surface area contributed by atoms with Crippen LogP contribution < -0.4 is 10.1 Å². The Morgan fingerprint density at radius 2 is 2.04 bits per heavy atom. The highest BCUT2D eigenvalue weighted by atomic mass is 35.5. The van der Waals surface area contributed by atoms with Gasteiger partial charge in [0.05, 0.1) is 25.8 Å². The van der Waals surface area contributed by atoms with E-state index in [1.54, 1.807) is 17.6 Å². The highest BCUT2D eigenvalue weighted by Crippen LogP contribution is 2.14. The van der Waals surface area contributed by atoms with E-state index in [0.29, 0.717) is 18.1 Å². The molecule has 3 rings (SSSR count). The molecule has 0 radical (unpaired) electrons. The number of nitrogens with one attached hydrogen (secondary N) is 1. The minimum Gasteiger partial charge on any atom is -0.497 e. The van der Waals surface area contributed by atoms with Crippen LogP contribution in [0.4, 0.5) is 0 Å². The van der Waals surface area contributed by atoms with Gasteiger partial charge in [-0.05, 0) is 29.8 Å². The van der Waals surface area contributed by atoms with Crippen LogP contribution in [0.15, 0.2) is 48.7 Å². The van der Waals surface area contributed by atoms with Gasteiger partial charge in [0.2, 0.25) is 5.91 Å². The van der Waals surface area contributed by atoms with Gasteiger partial charge in [-0.25, -0.2) is 4.98 Å². The molecular weight excluding hydrogens is 314 g/mol. The number of carbonyl (C=O) groups excluding carboxylic acids is 1. The van der Waals surface area contributed by atoms with Gasteiger partial charge in [-0.1, -0.05) is 29.8 Å². The van der Waals surface area contributed by atoms with Crippen LogP contribution in [-0.4, -0.2) is 22.4 Å². The number of hydrogen-bond acceptors (Lipinski definition) is 3. The average molecular weight is 330 g/mol. The summed E-state index contributed by atoms with van der Waals surface area (Å²) in [7, 11) is 1.61. The first-order valence-electron chi connectivity index (χ1n) is 7.18. The summed E-state index contributed by atoms with van der Waals surface area (Å²) >= 11 is 6.09. The standard InChI is InChI=1S/C17H16ClN3O2/c1-23-14-7-5-12(6-8-14)9-17(22)19-10-13-11-21-15(18)3-2-4-16(21)20-13/h2-8,11H,9-10H2,1H3,(H,19,22). The summed E-state index contributed by atoms with van der Waals surface area (Å²) in [5.41, 5.74) is 2.46. The molecule has 0 unspecified atom stereocenters. The molecule has 0 saturated heterocycles. The number of halogens is 1. The molecule has 0 aliphatic rings. The second-order valence-electron chi connectivity index (χ2n) is 5.11. The van der Waals surface area contributed by atoms with Crippen molar-refractivity contribution >= 4 is 23.2 Å². The fraction of sp³-hybridized carbons (Fsp3) is 0.176. The lowest BCUT2D eigenvalue weighted by molar-refractivity contribution is -0.120. The molecule has 6 heteroatoms. The topological polar surface area (TPSA) is 55.6 Å². The van der Waals surface area contributed by atoms with Crippen molar-refractivity contribution in [3.05, 3.63) is 65.1 Å². The molecule has 0 aliphatic heterocycles. The quantitative estimate of drug-likeness (QED) is 0.732. The van der Waals surface area contributed by atoms with Gasteiger partial charge < -0.3 is 10.1 Å². The van der Waals surface area contributed by atoms with Crippen LogP contribution in [0.1, 0.15) is 11.3 Å². The zero-order valence-corrected chi connectivity index (χ0v) is 13.4. The van der Waals surface area contributed by atoms with Crippen molar-refractivity contribution in [2.24, 2.45) is 0 Å². The molecule has 3 aromatic rings. The molecule has 118 valence electrons. The summed E-state index contributed by atoms with van der Waals surface area (Å²) in [6.07, 6.45) is 2.14. The number of benzene rings is 1. The van der Waals surface area contributed by atoms with Crippen LogP contribution >= 0.6 is 11.6 Å². The largest absolute Gasteiger partial charge is 0.497 e. The van der Waals surface area contributed by atoms with E-state index in [1.165, 1.54) is 0 Å². The summed E-state index contributed by atoms with van der Waals surface area (Å²) in [6, 6.07) is 12.9. The van der Waals surface area contributed by atoms with Gasteiger partial charge >= 0.3 is 0 Å². The molecule has 2 aromatic heterocycles. The average Bonchev–Trinajstić information content (AvgIpc) is 2.98. The molecule has 1 amide bonds. The number of hydrogen-bond donors (Lipinski definition) is 1. The zero-order valence-electron chi connectivity index (χ0n) is 12.6. The van der Waals surface area contributed by atoms with E-state index in [2.05, 4.69) is 10.3 Å². The zero-order chi connectivity index (χ0) is 16.2. The summed E-state index contributed by atoms with van der Waals surface area (Å²) in [5.74, 6) is 0.717. The number of methoxy groups -OCH3 is 1. The number of pyridine rings is 1. The molecular formula is C17H16ClN3O2. The number of nitrogens with zero attached hydrogens (tertiary/aromatic N) is 2. The van der Waals surface area contributed by atoms with Gasteiger partial charge in [-0.2, -0.15) is 0 Å². The molecule has 0 bridgehead atoms. The van der Waals surface area contributed by atoms with Gasteiger partial charge in [0.25, 0.3) is 0 Å². The summed E-state index contributed by atoms with van der Waals surface area (Å²) in [4.78, 5) is 16.4. The molecule has 5 nitrogen and oxygen atoms in total. The number of rotatable bonds is 5. The van der Waals surface area contributed by atoms with E-state index in [0.717, 1.165) is 22.7 Å². The molecule has 2 heterocycles. The maximum atomic E-state index is 12.0. The van der Waals surface area contributed by atoms with Crippen LogP contribution in [0.3, 0.4) is 0 Å². The Morgan fingerprint density at radius 1 is 1.26 bits per heavy atom. The number of aromatic nitrogens is 2. The van der Waals surface area contributed by atoms with Crippen molar-refractivity contribution in [1.82, 2.24) is 14.7 Å². The van der Waals surface area contributed by atoms with Gasteiger partial charge in [0.1, 0.15) is 16.5 Å². The van der Waals surface area contributed by atoms with Crippen molar-refractivity contribution < 1.29 is 9.53 Å². The smallest absolute Gasteiger partial charge is 0.224 e. The minimum absolute atomic E-state index is 0.0571. The Bertz CT molecular complexity index is 827. The maximum Gasteiger partial charge on any atom is 0.224 e. The van der Waals surface area contributed by atoms with Crippen molar-refractivity contribution in [1.29, 1.82) is 0 Å². The molecule has 0 atom stereocenters. The lowest BCUT2D eigenvalue weighted by Gasteiger charge is -2.04. The lowest BCUT2D eigenvalue weighted by Crippen LogP contribution is -2.24. The normalized spacial score (nSPS) is 10.7. The summed E-state index contributed by atoms with van der Waals surface area (Å²) in [6.45, 7) is 0.368. The predicted octanol–water partition coefficient (Wildman–Crippen LogP) is 2.86. The van der Waals surface area contributed by atoms with Crippen molar-refractivity contribution in [2.45, 2.75) is 13.0 Å². The third kappa shape index (κ3) is 3.63. The fourth-order valence-corrected chi connectivity index (χ4v) is 2.50. The van der Waals surface area contributed by atoms with Crippen molar-refractivity contribution in [2.75, 3.05) is 7.11 Å². The van der Waals surface area contributed by atoms with Crippen molar-refractivity contribution in [3.63, 3.8) is 0 Å². The number of amides is 1. The Morgan fingerprint density at radius 3 is 2.74 bits per heavy atom. The highest BCUT2D eigenvalue weighted by Gasteiger charge is 2.07. The SMILES string of the molecule is COc1ccc(CC(=O)NCc2cn3c(Cl)cccc3n2)cc1. The van der Waals surface area contributed by atoms with E-state index in [-0.39, 0.29) is 5.91 Å². The molecule has 0 fully saturated rings. The van der Waals surface area contributed by atoms with E-state index in [4.69, 9.17) is 16.3 Å². The van der Waals surface area contributed by atoms with Crippen molar-refractivity contribution in [3.8, 4) is 5.75 Å². The fourth-order valence-electron chi connectivity index (χ4n) is 2.29. The predicted molar refractivity (Wildman–Crippen MR) is 88.7 cm³/mol. The van der Waals surface area contributed by atoms with E-state index >= 15 is 0 Å². The Hall–Kier alpha value is -2.53. The molecule has 0 aliphatic carbocycles. The maximum absolute atomic E-state index is 12.0. The van der Waals surface area contributed by atoms with Gasteiger partial charge in [-0.15, -0.1) is 0 Å². The molecule has 1 N–H and O–H groups in total. The first kappa shape index (κ1) is 15.4. The number of ether oxygens (including phenoxy) is 1. The van der Waals surface area contributed by atoms with Gasteiger partial charge in [0.15, 0.2) is 0 Å². The van der Waals surface area contributed by atoms with Gasteiger partial charge in [0, 0.05) is 6.20 Å². The number of carbonyl (C=O) groups is 1. The molecule has 23 heavy (non-hydrogen) atoms. The second kappa shape index (κ2) is 6.71. The second-order valence-corrected chi connectivity index (χ2v) is 5.50. The third-order valence-electron chi connectivity index (χ3n) is 3.48.